The maximum absolute atomic E-state index is 13.1. The van der Waals surface area contributed by atoms with E-state index in [1.807, 2.05) is 0 Å². The van der Waals surface area contributed by atoms with E-state index in [1.165, 1.54) is 16.8 Å². The number of halogens is 1. The molecule has 0 bridgehead atoms. The molecule has 0 fully saturated rings. The Labute approximate surface area is 148 Å². The summed E-state index contributed by atoms with van der Waals surface area (Å²) >= 11 is 0. The van der Waals surface area contributed by atoms with Crippen LogP contribution in [0, 0.1) is 12.7 Å². The number of rotatable bonds is 3. The third kappa shape index (κ3) is 2.87. The SMILES string of the molecule is Cc1c(C(=O)Nc2ccc3c(c2)B(O)OC3)nnn1-c1ccc(F)cc1. The second kappa shape index (κ2) is 6.36. The van der Waals surface area contributed by atoms with Crippen LogP contribution in [-0.4, -0.2) is 33.0 Å². The van der Waals surface area contributed by atoms with Gasteiger partial charge in [0.05, 0.1) is 18.0 Å². The molecular weight excluding hydrogens is 338 g/mol. The molecule has 0 spiro atoms. The molecule has 2 aromatic carbocycles. The van der Waals surface area contributed by atoms with Crippen LogP contribution in [0.2, 0.25) is 0 Å². The lowest BCUT2D eigenvalue weighted by atomic mass is 9.79. The Morgan fingerprint density at radius 3 is 2.85 bits per heavy atom. The summed E-state index contributed by atoms with van der Waals surface area (Å²) in [5.74, 6) is -0.781. The minimum Gasteiger partial charge on any atom is -0.423 e. The summed E-state index contributed by atoms with van der Waals surface area (Å²) in [6, 6.07) is 10.9. The average Bonchev–Trinajstić information content (AvgIpc) is 3.19. The molecule has 2 heterocycles. The molecule has 0 atom stereocenters. The Morgan fingerprint density at radius 2 is 2.08 bits per heavy atom. The molecular formula is C17H14BFN4O3. The predicted octanol–water partition coefficient (Wildman–Crippen LogP) is 1.18. The van der Waals surface area contributed by atoms with Gasteiger partial charge in [-0.05, 0) is 54.3 Å². The van der Waals surface area contributed by atoms with Gasteiger partial charge < -0.3 is 15.0 Å². The van der Waals surface area contributed by atoms with E-state index in [0.29, 0.717) is 29.1 Å². The lowest BCUT2D eigenvalue weighted by Crippen LogP contribution is -2.28. The third-order valence-corrected chi connectivity index (χ3v) is 4.25. The molecule has 26 heavy (non-hydrogen) atoms. The lowest BCUT2D eigenvalue weighted by molar-refractivity contribution is 0.102. The van der Waals surface area contributed by atoms with Gasteiger partial charge in [-0.1, -0.05) is 11.3 Å². The summed E-state index contributed by atoms with van der Waals surface area (Å²) in [6.45, 7) is 2.05. The second-order valence-electron chi connectivity index (χ2n) is 5.94. The molecule has 3 aromatic rings. The van der Waals surface area contributed by atoms with Crippen LogP contribution in [0.4, 0.5) is 10.1 Å². The van der Waals surface area contributed by atoms with Gasteiger partial charge in [0.2, 0.25) is 0 Å². The zero-order chi connectivity index (χ0) is 18.3. The lowest BCUT2D eigenvalue weighted by Gasteiger charge is -2.07. The Hall–Kier alpha value is -3.04. The van der Waals surface area contributed by atoms with Crippen molar-refractivity contribution in [3.05, 3.63) is 65.2 Å². The van der Waals surface area contributed by atoms with Gasteiger partial charge in [-0.2, -0.15) is 0 Å². The fourth-order valence-electron chi connectivity index (χ4n) is 2.85. The number of anilines is 1. The molecule has 1 aliphatic rings. The molecule has 0 unspecified atom stereocenters. The number of aromatic nitrogens is 3. The normalized spacial score (nSPS) is 13.0. The highest BCUT2D eigenvalue weighted by Gasteiger charge is 2.27. The van der Waals surface area contributed by atoms with Crippen molar-refractivity contribution in [1.82, 2.24) is 15.0 Å². The molecule has 0 saturated carbocycles. The largest absolute Gasteiger partial charge is 0.491 e. The molecule has 0 aliphatic carbocycles. The monoisotopic (exact) mass is 352 g/mol. The number of hydrogen-bond donors (Lipinski definition) is 2. The van der Waals surface area contributed by atoms with Crippen LogP contribution in [0.3, 0.4) is 0 Å². The van der Waals surface area contributed by atoms with Crippen LogP contribution in [0.1, 0.15) is 21.7 Å². The molecule has 2 N–H and O–H groups in total. The van der Waals surface area contributed by atoms with Crippen LogP contribution in [-0.2, 0) is 11.3 Å². The standard InChI is InChI=1S/C17H14BFN4O3/c1-10-16(21-22-23(10)14-6-3-12(19)4-7-14)17(24)20-13-5-2-11-9-26-18(25)15(11)8-13/h2-8,25H,9H2,1H3,(H,20,24). The molecule has 7 nitrogen and oxygen atoms in total. The molecule has 130 valence electrons. The van der Waals surface area contributed by atoms with Crippen molar-refractivity contribution in [1.29, 1.82) is 0 Å². The first kappa shape index (κ1) is 16.4. The van der Waals surface area contributed by atoms with Crippen LogP contribution in [0.15, 0.2) is 42.5 Å². The Kier molecular flexibility index (Phi) is 4.02. The fraction of sp³-hybridized carbons (Fsp3) is 0.118. The van der Waals surface area contributed by atoms with E-state index in [-0.39, 0.29) is 11.5 Å². The topological polar surface area (TPSA) is 89.3 Å². The number of fused-ring (bicyclic) bond motifs is 1. The molecule has 9 heteroatoms. The van der Waals surface area contributed by atoms with Crippen molar-refractivity contribution in [2.24, 2.45) is 0 Å². The van der Waals surface area contributed by atoms with Crippen LogP contribution < -0.4 is 10.8 Å². The van der Waals surface area contributed by atoms with Crippen molar-refractivity contribution < 1.29 is 18.9 Å². The first-order valence-corrected chi connectivity index (χ1v) is 7.95. The zero-order valence-corrected chi connectivity index (χ0v) is 13.8. The summed E-state index contributed by atoms with van der Waals surface area (Å²) in [5, 5.41) is 20.4. The van der Waals surface area contributed by atoms with E-state index < -0.39 is 13.0 Å². The first-order chi connectivity index (χ1) is 12.5. The summed E-state index contributed by atoms with van der Waals surface area (Å²) in [7, 11) is -0.983. The smallest absolute Gasteiger partial charge is 0.423 e. The van der Waals surface area contributed by atoms with Gasteiger partial charge in [-0.15, -0.1) is 5.10 Å². The van der Waals surface area contributed by atoms with Gasteiger partial charge in [0, 0.05) is 5.69 Å². The van der Waals surface area contributed by atoms with E-state index >= 15 is 0 Å². The van der Waals surface area contributed by atoms with Crippen LogP contribution in [0.25, 0.3) is 5.69 Å². The number of benzene rings is 2. The number of carbonyl (C=O) groups excluding carboxylic acids is 1. The highest BCUT2D eigenvalue weighted by atomic mass is 19.1. The van der Waals surface area contributed by atoms with Crippen molar-refractivity contribution in [2.45, 2.75) is 13.5 Å². The highest BCUT2D eigenvalue weighted by Crippen LogP contribution is 2.17. The predicted molar refractivity (Wildman–Crippen MR) is 92.8 cm³/mol. The molecule has 0 saturated heterocycles. The first-order valence-electron chi connectivity index (χ1n) is 7.95. The molecule has 0 radical (unpaired) electrons. The molecule has 4 rings (SSSR count). The number of carbonyl (C=O) groups is 1. The zero-order valence-electron chi connectivity index (χ0n) is 13.8. The summed E-state index contributed by atoms with van der Waals surface area (Å²) in [5.41, 5.74) is 3.33. The van der Waals surface area contributed by atoms with Gasteiger partial charge in [0.15, 0.2) is 5.69 Å². The quantitative estimate of drug-likeness (QED) is 0.691. The number of amides is 1. The van der Waals surface area contributed by atoms with E-state index in [1.54, 1.807) is 37.3 Å². The summed E-state index contributed by atoms with van der Waals surface area (Å²) < 4.78 is 19.7. The Balaban J connectivity index is 1.58. The van der Waals surface area contributed by atoms with Crippen molar-refractivity contribution in [3.8, 4) is 5.69 Å². The van der Waals surface area contributed by atoms with Gasteiger partial charge in [-0.3, -0.25) is 4.79 Å². The number of nitrogens with zero attached hydrogens (tertiary/aromatic N) is 3. The van der Waals surface area contributed by atoms with Crippen molar-refractivity contribution in [2.75, 3.05) is 5.32 Å². The van der Waals surface area contributed by atoms with Crippen molar-refractivity contribution >= 4 is 24.2 Å². The van der Waals surface area contributed by atoms with Crippen molar-refractivity contribution in [3.63, 3.8) is 0 Å². The number of hydrogen-bond acceptors (Lipinski definition) is 5. The van der Waals surface area contributed by atoms with Gasteiger partial charge in [0.1, 0.15) is 5.82 Å². The van der Waals surface area contributed by atoms with E-state index in [0.717, 1.165) is 5.56 Å². The molecule has 1 aromatic heterocycles. The second-order valence-corrected chi connectivity index (χ2v) is 5.94. The van der Waals surface area contributed by atoms with Gasteiger partial charge >= 0.3 is 7.12 Å². The van der Waals surface area contributed by atoms with Crippen LogP contribution in [0.5, 0.6) is 0 Å². The minimum atomic E-state index is -0.983. The average molecular weight is 352 g/mol. The van der Waals surface area contributed by atoms with E-state index in [2.05, 4.69) is 15.6 Å². The van der Waals surface area contributed by atoms with Crippen LogP contribution >= 0.6 is 0 Å². The minimum absolute atomic E-state index is 0.159. The number of nitrogens with one attached hydrogen (secondary N) is 1. The summed E-state index contributed by atoms with van der Waals surface area (Å²) in [4.78, 5) is 12.5. The van der Waals surface area contributed by atoms with Gasteiger partial charge in [-0.25, -0.2) is 9.07 Å². The Morgan fingerprint density at radius 1 is 1.31 bits per heavy atom. The summed E-state index contributed by atoms with van der Waals surface area (Å²) in [6.07, 6.45) is 0. The molecule has 1 amide bonds. The third-order valence-electron chi connectivity index (χ3n) is 4.25. The van der Waals surface area contributed by atoms with E-state index in [9.17, 15) is 14.2 Å². The maximum atomic E-state index is 13.1. The maximum Gasteiger partial charge on any atom is 0.491 e. The Bertz CT molecular complexity index is 990. The molecule has 1 aliphatic heterocycles. The fourth-order valence-corrected chi connectivity index (χ4v) is 2.85. The van der Waals surface area contributed by atoms with Gasteiger partial charge in [0.25, 0.3) is 5.91 Å². The van der Waals surface area contributed by atoms with E-state index in [4.69, 9.17) is 4.65 Å². The highest BCUT2D eigenvalue weighted by molar-refractivity contribution is 6.61.